The Bertz CT molecular complexity index is 1310. The predicted octanol–water partition coefficient (Wildman–Crippen LogP) is 5.73. The fourth-order valence-electron chi connectivity index (χ4n) is 3.86. The Morgan fingerprint density at radius 1 is 0.711 bits per heavy atom. The summed E-state index contributed by atoms with van der Waals surface area (Å²) in [5, 5.41) is 5.63. The number of carbonyl (C=O) groups excluding carboxylic acids is 2. The van der Waals surface area contributed by atoms with Crippen molar-refractivity contribution in [2.24, 2.45) is 0 Å². The van der Waals surface area contributed by atoms with Gasteiger partial charge in [0.25, 0.3) is 0 Å². The van der Waals surface area contributed by atoms with Crippen molar-refractivity contribution in [3.63, 3.8) is 0 Å². The molecule has 4 aromatic carbocycles. The molecule has 2 amide bonds. The first-order valence-electron chi connectivity index (χ1n) is 12.6. The van der Waals surface area contributed by atoms with Crippen molar-refractivity contribution in [2.45, 2.75) is 39.1 Å². The lowest BCUT2D eigenvalue weighted by Crippen LogP contribution is -2.47. The van der Waals surface area contributed by atoms with Crippen molar-refractivity contribution in [2.75, 3.05) is 0 Å². The minimum atomic E-state index is -0.874. The molecule has 0 fully saturated rings. The van der Waals surface area contributed by atoms with E-state index < -0.39 is 18.0 Å². The summed E-state index contributed by atoms with van der Waals surface area (Å²) >= 11 is 0. The topological polar surface area (TPSA) is 76.7 Å². The van der Waals surface area contributed by atoms with Crippen LogP contribution in [0.25, 0.3) is 0 Å². The highest BCUT2D eigenvalue weighted by molar-refractivity contribution is 5.83. The highest BCUT2D eigenvalue weighted by Crippen LogP contribution is 2.17. The molecule has 6 nitrogen and oxygen atoms in total. The van der Waals surface area contributed by atoms with Gasteiger partial charge >= 0.3 is 12.0 Å². The van der Waals surface area contributed by atoms with Gasteiger partial charge in [-0.2, -0.15) is 0 Å². The second kappa shape index (κ2) is 13.7. The lowest BCUT2D eigenvalue weighted by molar-refractivity contribution is -0.147. The zero-order valence-corrected chi connectivity index (χ0v) is 21.4. The molecule has 1 atom stereocenters. The van der Waals surface area contributed by atoms with E-state index in [0.717, 1.165) is 27.8 Å². The molecular formula is C32H32N2O4. The number of aryl methyl sites for hydroxylation is 1. The number of hydrogen-bond donors (Lipinski definition) is 2. The third-order valence-electron chi connectivity index (χ3n) is 5.97. The van der Waals surface area contributed by atoms with Gasteiger partial charge in [0.05, 0.1) is 0 Å². The SMILES string of the molecule is Cc1ccc(CNC(=O)NC(Cc2cccc(OCc3ccccc3)c2)C(=O)OCc2ccccc2)cc1. The maximum atomic E-state index is 13.1. The zero-order chi connectivity index (χ0) is 26.6. The first-order valence-corrected chi connectivity index (χ1v) is 12.6. The van der Waals surface area contributed by atoms with E-state index in [1.54, 1.807) is 0 Å². The van der Waals surface area contributed by atoms with Crippen LogP contribution in [0.4, 0.5) is 4.79 Å². The molecular weight excluding hydrogens is 476 g/mol. The van der Waals surface area contributed by atoms with Crippen LogP contribution in [0.3, 0.4) is 0 Å². The Balaban J connectivity index is 1.40. The van der Waals surface area contributed by atoms with Crippen LogP contribution in [0.5, 0.6) is 5.75 Å². The molecule has 4 rings (SSSR count). The summed E-state index contributed by atoms with van der Waals surface area (Å²) in [7, 11) is 0. The number of esters is 1. The first-order chi connectivity index (χ1) is 18.5. The maximum absolute atomic E-state index is 13.1. The largest absolute Gasteiger partial charge is 0.489 e. The van der Waals surface area contributed by atoms with E-state index >= 15 is 0 Å². The molecule has 2 N–H and O–H groups in total. The van der Waals surface area contributed by atoms with Crippen LogP contribution in [0.15, 0.2) is 109 Å². The molecule has 0 aromatic heterocycles. The Hall–Kier alpha value is -4.58. The van der Waals surface area contributed by atoms with Crippen LogP contribution in [-0.2, 0) is 35.7 Å². The van der Waals surface area contributed by atoms with E-state index in [9.17, 15) is 9.59 Å². The van der Waals surface area contributed by atoms with Gasteiger partial charge in [-0.25, -0.2) is 9.59 Å². The smallest absolute Gasteiger partial charge is 0.329 e. The van der Waals surface area contributed by atoms with Crippen molar-refractivity contribution in [1.82, 2.24) is 10.6 Å². The molecule has 1 unspecified atom stereocenters. The summed E-state index contributed by atoms with van der Waals surface area (Å²) in [4.78, 5) is 25.8. The summed E-state index contributed by atoms with van der Waals surface area (Å²) in [5.41, 5.74) is 4.90. The van der Waals surface area contributed by atoms with Gasteiger partial charge in [-0.15, -0.1) is 0 Å². The van der Waals surface area contributed by atoms with E-state index in [-0.39, 0.29) is 13.0 Å². The van der Waals surface area contributed by atoms with E-state index in [1.807, 2.05) is 116 Å². The van der Waals surface area contributed by atoms with Gasteiger partial charge in [-0.05, 0) is 41.3 Å². The molecule has 0 radical (unpaired) electrons. The van der Waals surface area contributed by atoms with Crippen molar-refractivity contribution >= 4 is 12.0 Å². The molecule has 6 heteroatoms. The van der Waals surface area contributed by atoms with Crippen LogP contribution in [0.1, 0.15) is 27.8 Å². The van der Waals surface area contributed by atoms with Gasteiger partial charge in [0.2, 0.25) is 0 Å². The Labute approximate surface area is 223 Å². The quantitative estimate of drug-likeness (QED) is 0.254. The molecule has 0 saturated heterocycles. The lowest BCUT2D eigenvalue weighted by Gasteiger charge is -2.19. The molecule has 0 heterocycles. The van der Waals surface area contributed by atoms with E-state index in [4.69, 9.17) is 9.47 Å². The van der Waals surface area contributed by atoms with Gasteiger partial charge in [-0.1, -0.05) is 103 Å². The number of ether oxygens (including phenoxy) is 2. The summed E-state index contributed by atoms with van der Waals surface area (Å²) in [6, 6.07) is 33.5. The molecule has 0 bridgehead atoms. The second-order valence-electron chi connectivity index (χ2n) is 9.08. The van der Waals surface area contributed by atoms with Gasteiger partial charge in [-0.3, -0.25) is 0 Å². The second-order valence-corrected chi connectivity index (χ2v) is 9.08. The van der Waals surface area contributed by atoms with Crippen molar-refractivity contribution in [3.8, 4) is 5.75 Å². The van der Waals surface area contributed by atoms with E-state index in [0.29, 0.717) is 18.9 Å². The molecule has 0 spiro atoms. The monoisotopic (exact) mass is 508 g/mol. The maximum Gasteiger partial charge on any atom is 0.329 e. The number of carbonyl (C=O) groups is 2. The predicted molar refractivity (Wildman–Crippen MR) is 147 cm³/mol. The van der Waals surface area contributed by atoms with Gasteiger partial charge in [0.15, 0.2) is 0 Å². The molecule has 4 aromatic rings. The Morgan fingerprint density at radius 2 is 1.34 bits per heavy atom. The lowest BCUT2D eigenvalue weighted by atomic mass is 10.1. The van der Waals surface area contributed by atoms with Crippen molar-refractivity contribution < 1.29 is 19.1 Å². The Morgan fingerprint density at radius 3 is 2.03 bits per heavy atom. The summed E-state index contributed by atoms with van der Waals surface area (Å²) in [6.07, 6.45) is 0.258. The van der Waals surface area contributed by atoms with Crippen LogP contribution in [-0.4, -0.2) is 18.0 Å². The van der Waals surface area contributed by atoms with E-state index in [1.165, 1.54) is 0 Å². The fourth-order valence-corrected chi connectivity index (χ4v) is 3.86. The minimum Gasteiger partial charge on any atom is -0.489 e. The Kier molecular flexibility index (Phi) is 9.51. The van der Waals surface area contributed by atoms with Gasteiger partial charge in [0.1, 0.15) is 25.0 Å². The number of hydrogen-bond acceptors (Lipinski definition) is 4. The van der Waals surface area contributed by atoms with Crippen LogP contribution in [0.2, 0.25) is 0 Å². The molecule has 38 heavy (non-hydrogen) atoms. The average Bonchev–Trinajstić information content (AvgIpc) is 2.95. The fraction of sp³-hybridized carbons (Fsp3) is 0.188. The minimum absolute atomic E-state index is 0.128. The third kappa shape index (κ3) is 8.52. The normalized spacial score (nSPS) is 11.3. The van der Waals surface area contributed by atoms with Crippen LogP contribution in [0, 0.1) is 6.92 Å². The molecule has 0 aliphatic heterocycles. The van der Waals surface area contributed by atoms with Gasteiger partial charge < -0.3 is 20.1 Å². The molecule has 194 valence electrons. The molecule has 0 saturated carbocycles. The van der Waals surface area contributed by atoms with Gasteiger partial charge in [0, 0.05) is 13.0 Å². The molecule has 0 aliphatic carbocycles. The zero-order valence-electron chi connectivity index (χ0n) is 21.4. The van der Waals surface area contributed by atoms with Crippen molar-refractivity contribution in [1.29, 1.82) is 0 Å². The summed E-state index contributed by atoms with van der Waals surface area (Å²) < 4.78 is 11.5. The highest BCUT2D eigenvalue weighted by atomic mass is 16.5. The number of amides is 2. The average molecular weight is 509 g/mol. The van der Waals surface area contributed by atoms with Crippen molar-refractivity contribution in [3.05, 3.63) is 137 Å². The number of nitrogens with one attached hydrogen (secondary N) is 2. The number of urea groups is 1. The number of rotatable bonds is 11. The third-order valence-corrected chi connectivity index (χ3v) is 5.97. The molecule has 0 aliphatic rings. The standard InChI is InChI=1S/C32H32N2O4/c1-24-15-17-25(18-16-24)21-33-32(36)34-30(31(35)38-23-27-11-6-3-7-12-27)20-28-13-8-14-29(19-28)37-22-26-9-4-2-5-10-26/h2-19,30H,20-23H2,1H3,(H2,33,34,36). The summed E-state index contributed by atoms with van der Waals surface area (Å²) in [6.45, 7) is 2.92. The highest BCUT2D eigenvalue weighted by Gasteiger charge is 2.23. The first kappa shape index (κ1) is 26.5. The van der Waals surface area contributed by atoms with E-state index in [2.05, 4.69) is 10.6 Å². The van der Waals surface area contributed by atoms with Crippen LogP contribution < -0.4 is 15.4 Å². The number of benzene rings is 4. The van der Waals surface area contributed by atoms with Crippen LogP contribution >= 0.6 is 0 Å². The summed E-state index contributed by atoms with van der Waals surface area (Å²) in [5.74, 6) is 0.182.